The van der Waals surface area contributed by atoms with Crippen molar-refractivity contribution in [2.24, 2.45) is 0 Å². The van der Waals surface area contributed by atoms with Crippen molar-refractivity contribution in [1.29, 1.82) is 0 Å². The van der Waals surface area contributed by atoms with Crippen LogP contribution in [-0.2, 0) is 9.53 Å². The molecule has 0 saturated carbocycles. The number of esters is 1. The number of anilines is 1. The third kappa shape index (κ3) is 4.88. The molecule has 0 fully saturated rings. The van der Waals surface area contributed by atoms with E-state index in [1.807, 2.05) is 0 Å². The van der Waals surface area contributed by atoms with Crippen molar-refractivity contribution in [3.05, 3.63) is 67.9 Å². The molecule has 2 aromatic rings. The van der Waals surface area contributed by atoms with Crippen molar-refractivity contribution in [2.45, 2.75) is 0 Å². The van der Waals surface area contributed by atoms with Crippen LogP contribution in [0.15, 0.2) is 36.4 Å². The molecule has 0 atom stereocenters. The Hall–Kier alpha value is -2.71. The number of carbonyl (C=O) groups is 2. The van der Waals surface area contributed by atoms with Crippen molar-refractivity contribution < 1.29 is 23.6 Å². The Morgan fingerprint density at radius 3 is 2.40 bits per heavy atom. The van der Waals surface area contributed by atoms with Crippen LogP contribution in [0.5, 0.6) is 0 Å². The van der Waals surface area contributed by atoms with E-state index >= 15 is 0 Å². The first-order valence-electron chi connectivity index (χ1n) is 6.64. The number of hydrogen-bond donors (Lipinski definition) is 1. The molecule has 1 N–H and O–H groups in total. The number of nitrogens with one attached hydrogen (secondary N) is 1. The van der Waals surface area contributed by atoms with Crippen LogP contribution >= 0.6 is 23.2 Å². The number of carbonyl (C=O) groups excluding carboxylic acids is 2. The SMILES string of the molecule is O=C(COC(=O)c1cc(F)c(Cl)cc1Cl)Nc1ccc([N+](=O)[O-])cc1. The standard InChI is InChI=1S/C15H9Cl2FN2O5/c16-11-6-12(17)13(18)5-10(11)15(22)25-7-14(21)19-8-1-3-9(4-2-8)20(23)24/h1-6H,7H2,(H,19,21). The molecule has 0 saturated heterocycles. The summed E-state index contributed by atoms with van der Waals surface area (Å²) in [6, 6.07) is 6.91. The maximum atomic E-state index is 13.4. The van der Waals surface area contributed by atoms with Crippen LogP contribution in [0.2, 0.25) is 10.0 Å². The van der Waals surface area contributed by atoms with E-state index in [4.69, 9.17) is 27.9 Å². The minimum Gasteiger partial charge on any atom is -0.452 e. The summed E-state index contributed by atoms with van der Waals surface area (Å²) in [5, 5.41) is 12.5. The smallest absolute Gasteiger partial charge is 0.340 e. The van der Waals surface area contributed by atoms with Gasteiger partial charge in [-0.15, -0.1) is 0 Å². The molecular formula is C15H9Cl2FN2O5. The highest BCUT2D eigenvalue weighted by Crippen LogP contribution is 2.25. The van der Waals surface area contributed by atoms with Gasteiger partial charge in [0.2, 0.25) is 0 Å². The molecular weight excluding hydrogens is 378 g/mol. The lowest BCUT2D eigenvalue weighted by atomic mass is 10.2. The highest BCUT2D eigenvalue weighted by Gasteiger charge is 2.17. The van der Waals surface area contributed by atoms with E-state index in [1.54, 1.807) is 0 Å². The van der Waals surface area contributed by atoms with Gasteiger partial charge in [0.05, 0.1) is 20.5 Å². The van der Waals surface area contributed by atoms with E-state index < -0.39 is 29.2 Å². The summed E-state index contributed by atoms with van der Waals surface area (Å²) in [5.74, 6) is -2.54. The number of nitrogens with zero attached hydrogens (tertiary/aromatic N) is 1. The molecule has 10 heteroatoms. The fourth-order valence-corrected chi connectivity index (χ4v) is 2.21. The van der Waals surface area contributed by atoms with Gasteiger partial charge < -0.3 is 10.1 Å². The van der Waals surface area contributed by atoms with Crippen molar-refractivity contribution in [3.63, 3.8) is 0 Å². The Morgan fingerprint density at radius 1 is 1.16 bits per heavy atom. The third-order valence-corrected chi connectivity index (χ3v) is 3.53. The molecule has 2 aromatic carbocycles. The average molecular weight is 387 g/mol. The van der Waals surface area contributed by atoms with Gasteiger partial charge in [0.25, 0.3) is 11.6 Å². The Bertz CT molecular complexity index is 843. The fraction of sp³-hybridized carbons (Fsp3) is 0.0667. The largest absolute Gasteiger partial charge is 0.452 e. The van der Waals surface area contributed by atoms with Gasteiger partial charge in [0, 0.05) is 17.8 Å². The van der Waals surface area contributed by atoms with Crippen LogP contribution in [0, 0.1) is 15.9 Å². The van der Waals surface area contributed by atoms with Crippen LogP contribution in [0.25, 0.3) is 0 Å². The number of hydrogen-bond acceptors (Lipinski definition) is 5. The van der Waals surface area contributed by atoms with Gasteiger partial charge in [-0.2, -0.15) is 0 Å². The Balaban J connectivity index is 1.94. The van der Waals surface area contributed by atoms with Crippen LogP contribution in [0.4, 0.5) is 15.8 Å². The molecule has 0 heterocycles. The van der Waals surface area contributed by atoms with Gasteiger partial charge in [-0.25, -0.2) is 9.18 Å². The van der Waals surface area contributed by atoms with Gasteiger partial charge in [-0.3, -0.25) is 14.9 Å². The van der Waals surface area contributed by atoms with Crippen molar-refractivity contribution in [1.82, 2.24) is 0 Å². The maximum absolute atomic E-state index is 13.4. The zero-order valence-corrected chi connectivity index (χ0v) is 13.8. The van der Waals surface area contributed by atoms with Crippen molar-refractivity contribution >= 4 is 46.5 Å². The Morgan fingerprint density at radius 2 is 1.80 bits per heavy atom. The first kappa shape index (κ1) is 18.6. The van der Waals surface area contributed by atoms with Crippen LogP contribution in [0.1, 0.15) is 10.4 Å². The molecule has 0 aliphatic carbocycles. The molecule has 1 amide bonds. The lowest BCUT2D eigenvalue weighted by Gasteiger charge is -2.08. The zero-order chi connectivity index (χ0) is 18.6. The van der Waals surface area contributed by atoms with E-state index in [-0.39, 0.29) is 27.0 Å². The van der Waals surface area contributed by atoms with Gasteiger partial charge in [-0.1, -0.05) is 23.2 Å². The second-order valence-electron chi connectivity index (χ2n) is 4.67. The van der Waals surface area contributed by atoms with Crippen LogP contribution in [-0.4, -0.2) is 23.4 Å². The average Bonchev–Trinajstić information content (AvgIpc) is 2.56. The molecule has 0 unspecified atom stereocenters. The highest BCUT2D eigenvalue weighted by molar-refractivity contribution is 6.36. The highest BCUT2D eigenvalue weighted by atomic mass is 35.5. The molecule has 0 aromatic heterocycles. The molecule has 0 spiro atoms. The van der Waals surface area contributed by atoms with Crippen molar-refractivity contribution in [3.8, 4) is 0 Å². The monoisotopic (exact) mass is 386 g/mol. The van der Waals surface area contributed by atoms with Crippen LogP contribution in [0.3, 0.4) is 0 Å². The molecule has 0 aliphatic rings. The van der Waals surface area contributed by atoms with Gasteiger partial charge in [0.1, 0.15) is 5.82 Å². The van der Waals surface area contributed by atoms with E-state index in [2.05, 4.69) is 5.32 Å². The molecule has 0 bridgehead atoms. The molecule has 25 heavy (non-hydrogen) atoms. The Labute approximate surface area is 150 Å². The summed E-state index contributed by atoms with van der Waals surface area (Å²) < 4.78 is 18.1. The second-order valence-corrected chi connectivity index (χ2v) is 5.49. The number of ether oxygens (including phenoxy) is 1. The third-order valence-electron chi connectivity index (χ3n) is 2.93. The summed E-state index contributed by atoms with van der Waals surface area (Å²) in [6.45, 7) is -0.656. The number of benzene rings is 2. The number of amides is 1. The predicted octanol–water partition coefficient (Wildman–Crippen LogP) is 3.84. The van der Waals surface area contributed by atoms with E-state index in [0.717, 1.165) is 12.1 Å². The number of nitro benzene ring substituents is 1. The summed E-state index contributed by atoms with van der Waals surface area (Å²) in [5.41, 5.74) is -0.127. The predicted molar refractivity (Wildman–Crippen MR) is 88.4 cm³/mol. The lowest BCUT2D eigenvalue weighted by Crippen LogP contribution is -2.21. The van der Waals surface area contributed by atoms with E-state index in [1.165, 1.54) is 24.3 Å². The number of non-ortho nitro benzene ring substituents is 1. The molecule has 130 valence electrons. The fourth-order valence-electron chi connectivity index (χ4n) is 1.75. The van der Waals surface area contributed by atoms with Gasteiger partial charge >= 0.3 is 5.97 Å². The Kier molecular flexibility index (Phi) is 5.89. The summed E-state index contributed by atoms with van der Waals surface area (Å²) >= 11 is 11.3. The molecule has 7 nitrogen and oxygen atoms in total. The minimum absolute atomic E-state index is 0.118. The van der Waals surface area contributed by atoms with Gasteiger partial charge in [-0.05, 0) is 24.3 Å². The maximum Gasteiger partial charge on any atom is 0.340 e. The first-order valence-corrected chi connectivity index (χ1v) is 7.39. The quantitative estimate of drug-likeness (QED) is 0.364. The number of nitro groups is 1. The van der Waals surface area contributed by atoms with Crippen molar-refractivity contribution in [2.75, 3.05) is 11.9 Å². The molecule has 0 radical (unpaired) electrons. The van der Waals surface area contributed by atoms with E-state index in [9.17, 15) is 24.1 Å². The normalized spacial score (nSPS) is 10.2. The lowest BCUT2D eigenvalue weighted by molar-refractivity contribution is -0.384. The minimum atomic E-state index is -1.00. The first-order chi connectivity index (χ1) is 11.8. The van der Waals surface area contributed by atoms with Crippen LogP contribution < -0.4 is 5.32 Å². The number of rotatable bonds is 5. The zero-order valence-electron chi connectivity index (χ0n) is 12.3. The number of halogens is 3. The summed E-state index contributed by atoms with van der Waals surface area (Å²) in [7, 11) is 0. The molecule has 0 aliphatic heterocycles. The molecule has 2 rings (SSSR count). The summed E-state index contributed by atoms with van der Waals surface area (Å²) in [6.07, 6.45) is 0. The second kappa shape index (κ2) is 7.91. The topological polar surface area (TPSA) is 98.5 Å². The summed E-state index contributed by atoms with van der Waals surface area (Å²) in [4.78, 5) is 33.5. The van der Waals surface area contributed by atoms with E-state index in [0.29, 0.717) is 0 Å². The van der Waals surface area contributed by atoms with Gasteiger partial charge in [0.15, 0.2) is 6.61 Å².